The van der Waals surface area contributed by atoms with Gasteiger partial charge in [-0.3, -0.25) is 9.78 Å². The van der Waals surface area contributed by atoms with Crippen LogP contribution in [0.4, 0.5) is 5.69 Å². The number of carbonyl (C=O) groups excluding carboxylic acids is 1. The molecule has 7 heteroatoms. The van der Waals surface area contributed by atoms with Crippen molar-refractivity contribution in [3.8, 4) is 0 Å². The van der Waals surface area contributed by atoms with Crippen molar-refractivity contribution in [2.24, 2.45) is 0 Å². The van der Waals surface area contributed by atoms with Gasteiger partial charge in [0.15, 0.2) is 0 Å². The minimum absolute atomic E-state index is 0.124. The highest BCUT2D eigenvalue weighted by Crippen LogP contribution is 2.16. The lowest BCUT2D eigenvalue weighted by atomic mass is 10.3. The lowest BCUT2D eigenvalue weighted by Gasteiger charge is -2.03. The molecule has 2 aromatic rings. The highest BCUT2D eigenvalue weighted by molar-refractivity contribution is 7.99. The first-order valence-electron chi connectivity index (χ1n) is 5.29. The van der Waals surface area contributed by atoms with Gasteiger partial charge in [-0.15, -0.1) is 10.2 Å². The molecule has 0 aliphatic carbocycles. The molecule has 6 nitrogen and oxygen atoms in total. The van der Waals surface area contributed by atoms with E-state index < -0.39 is 0 Å². The minimum Gasteiger partial charge on any atom is -0.416 e. The summed E-state index contributed by atoms with van der Waals surface area (Å²) in [6.45, 7) is 3.57. The summed E-state index contributed by atoms with van der Waals surface area (Å²) in [4.78, 5) is 15.7. The fraction of sp³-hybridized carbons (Fsp3) is 0.273. The molecule has 1 amide bonds. The van der Waals surface area contributed by atoms with E-state index in [4.69, 9.17) is 4.42 Å². The number of hydrogen-bond donors (Lipinski definition) is 1. The number of aryl methyl sites for hydroxylation is 2. The van der Waals surface area contributed by atoms with Crippen molar-refractivity contribution in [1.82, 2.24) is 15.2 Å². The Morgan fingerprint density at radius 2 is 2.28 bits per heavy atom. The largest absolute Gasteiger partial charge is 0.416 e. The number of nitrogens with one attached hydrogen (secondary N) is 1. The third-order valence-corrected chi connectivity index (χ3v) is 2.83. The number of aromatic nitrogens is 3. The summed E-state index contributed by atoms with van der Waals surface area (Å²) < 4.78 is 5.15. The molecule has 0 saturated carbocycles. The van der Waals surface area contributed by atoms with Gasteiger partial charge in [-0.25, -0.2) is 0 Å². The predicted octanol–water partition coefficient (Wildman–Crippen LogP) is 1.81. The SMILES string of the molecule is Cc1cc(NC(=O)CSc2nnc(C)o2)ccn1. The first kappa shape index (κ1) is 12.6. The molecule has 0 fully saturated rings. The van der Waals surface area contributed by atoms with Gasteiger partial charge in [-0.05, 0) is 19.1 Å². The smallest absolute Gasteiger partial charge is 0.277 e. The molecule has 0 spiro atoms. The Balaban J connectivity index is 1.85. The fourth-order valence-electron chi connectivity index (χ4n) is 1.28. The van der Waals surface area contributed by atoms with Gasteiger partial charge in [0.05, 0.1) is 5.75 Å². The van der Waals surface area contributed by atoms with E-state index in [1.165, 1.54) is 11.8 Å². The summed E-state index contributed by atoms with van der Waals surface area (Å²) >= 11 is 1.20. The van der Waals surface area contributed by atoms with Crippen LogP contribution in [-0.2, 0) is 4.79 Å². The van der Waals surface area contributed by atoms with E-state index in [9.17, 15) is 4.79 Å². The van der Waals surface area contributed by atoms with E-state index in [0.29, 0.717) is 11.1 Å². The molecule has 2 rings (SSSR count). The maximum atomic E-state index is 11.7. The molecule has 0 aliphatic rings. The summed E-state index contributed by atoms with van der Waals surface area (Å²) in [5.74, 6) is 0.590. The Hall–Kier alpha value is -1.89. The maximum absolute atomic E-state index is 11.7. The van der Waals surface area contributed by atoms with Crippen LogP contribution in [0.5, 0.6) is 0 Å². The molecule has 2 heterocycles. The average Bonchev–Trinajstić information content (AvgIpc) is 2.73. The second-order valence-electron chi connectivity index (χ2n) is 3.61. The molecule has 2 aromatic heterocycles. The zero-order valence-corrected chi connectivity index (χ0v) is 10.8. The Morgan fingerprint density at radius 1 is 1.44 bits per heavy atom. The van der Waals surface area contributed by atoms with Crippen LogP contribution in [0.2, 0.25) is 0 Å². The predicted molar refractivity (Wildman–Crippen MR) is 67.4 cm³/mol. The first-order chi connectivity index (χ1) is 8.63. The zero-order chi connectivity index (χ0) is 13.0. The van der Waals surface area contributed by atoms with Crippen LogP contribution in [0.3, 0.4) is 0 Å². The molecule has 0 unspecified atom stereocenters. The minimum atomic E-state index is -0.124. The summed E-state index contributed by atoms with van der Waals surface area (Å²) in [7, 11) is 0. The number of carbonyl (C=O) groups is 1. The number of amides is 1. The average molecular weight is 264 g/mol. The summed E-state index contributed by atoms with van der Waals surface area (Å²) in [6.07, 6.45) is 1.65. The van der Waals surface area contributed by atoms with E-state index in [1.807, 2.05) is 6.92 Å². The lowest BCUT2D eigenvalue weighted by Crippen LogP contribution is -2.14. The van der Waals surface area contributed by atoms with Gasteiger partial charge >= 0.3 is 0 Å². The summed E-state index contributed by atoms with van der Waals surface area (Å²) in [5.41, 5.74) is 1.59. The van der Waals surface area contributed by atoms with Crippen molar-refractivity contribution in [3.05, 3.63) is 29.9 Å². The standard InChI is InChI=1S/C11H12N4O2S/c1-7-5-9(3-4-12-7)13-10(16)6-18-11-15-14-8(2)17-11/h3-5H,6H2,1-2H3,(H,12,13,16). The van der Waals surface area contributed by atoms with E-state index in [-0.39, 0.29) is 11.7 Å². The molecule has 18 heavy (non-hydrogen) atoms. The lowest BCUT2D eigenvalue weighted by molar-refractivity contribution is -0.113. The number of hydrogen-bond acceptors (Lipinski definition) is 6. The van der Waals surface area contributed by atoms with Crippen LogP contribution in [-0.4, -0.2) is 26.8 Å². The molecule has 94 valence electrons. The van der Waals surface area contributed by atoms with Crippen LogP contribution in [0.25, 0.3) is 0 Å². The van der Waals surface area contributed by atoms with Gasteiger partial charge in [0, 0.05) is 24.5 Å². The van der Waals surface area contributed by atoms with Gasteiger partial charge in [-0.1, -0.05) is 11.8 Å². The van der Waals surface area contributed by atoms with Crippen molar-refractivity contribution < 1.29 is 9.21 Å². The van der Waals surface area contributed by atoms with Gasteiger partial charge in [-0.2, -0.15) is 0 Å². The van der Waals surface area contributed by atoms with E-state index in [1.54, 1.807) is 25.3 Å². The third-order valence-electron chi connectivity index (χ3n) is 2.01. The van der Waals surface area contributed by atoms with Gasteiger partial charge in [0.25, 0.3) is 5.22 Å². The molecule has 0 aliphatic heterocycles. The highest BCUT2D eigenvalue weighted by Gasteiger charge is 2.08. The molecule has 0 atom stereocenters. The van der Waals surface area contributed by atoms with E-state index in [2.05, 4.69) is 20.5 Å². The van der Waals surface area contributed by atoms with Crippen LogP contribution < -0.4 is 5.32 Å². The molecular formula is C11H12N4O2S. The van der Waals surface area contributed by atoms with Crippen molar-refractivity contribution >= 4 is 23.4 Å². The van der Waals surface area contributed by atoms with Crippen molar-refractivity contribution in [1.29, 1.82) is 0 Å². The third kappa shape index (κ3) is 3.56. The Bertz CT molecular complexity index is 555. The quantitative estimate of drug-likeness (QED) is 0.848. The zero-order valence-electron chi connectivity index (χ0n) is 10.0. The van der Waals surface area contributed by atoms with Gasteiger partial charge in [0.2, 0.25) is 11.8 Å². The van der Waals surface area contributed by atoms with Crippen molar-refractivity contribution in [2.75, 3.05) is 11.1 Å². The number of thioether (sulfide) groups is 1. The van der Waals surface area contributed by atoms with Crippen LogP contribution in [0.1, 0.15) is 11.6 Å². The number of pyridine rings is 1. The summed E-state index contributed by atoms with van der Waals surface area (Å²) in [6, 6.07) is 3.55. The maximum Gasteiger partial charge on any atom is 0.277 e. The Morgan fingerprint density at radius 3 is 2.94 bits per heavy atom. The highest BCUT2D eigenvalue weighted by atomic mass is 32.2. The monoisotopic (exact) mass is 264 g/mol. The molecule has 0 aromatic carbocycles. The van der Waals surface area contributed by atoms with E-state index >= 15 is 0 Å². The van der Waals surface area contributed by atoms with Crippen LogP contribution in [0, 0.1) is 13.8 Å². The van der Waals surface area contributed by atoms with Crippen molar-refractivity contribution in [3.63, 3.8) is 0 Å². The second-order valence-corrected chi connectivity index (χ2v) is 4.54. The number of anilines is 1. The van der Waals surface area contributed by atoms with Gasteiger partial charge in [0.1, 0.15) is 0 Å². The topological polar surface area (TPSA) is 80.9 Å². The molecular weight excluding hydrogens is 252 g/mol. The van der Waals surface area contributed by atoms with Gasteiger partial charge < -0.3 is 9.73 Å². The molecule has 0 bridgehead atoms. The number of nitrogens with zero attached hydrogens (tertiary/aromatic N) is 3. The molecule has 0 radical (unpaired) electrons. The van der Waals surface area contributed by atoms with Crippen LogP contribution in [0.15, 0.2) is 28.0 Å². The number of rotatable bonds is 4. The van der Waals surface area contributed by atoms with E-state index in [0.717, 1.165) is 11.4 Å². The molecule has 1 N–H and O–H groups in total. The second kappa shape index (κ2) is 5.63. The Labute approximate surface area is 108 Å². The summed E-state index contributed by atoms with van der Waals surface area (Å²) in [5, 5.41) is 10.6. The normalized spacial score (nSPS) is 10.3. The Kier molecular flexibility index (Phi) is 3.93. The van der Waals surface area contributed by atoms with Crippen LogP contribution >= 0.6 is 11.8 Å². The fourth-order valence-corrected chi connectivity index (χ4v) is 1.89. The first-order valence-corrected chi connectivity index (χ1v) is 6.27. The van der Waals surface area contributed by atoms with Crippen molar-refractivity contribution in [2.45, 2.75) is 19.1 Å². The molecule has 0 saturated heterocycles.